The fourth-order valence-corrected chi connectivity index (χ4v) is 9.00. The summed E-state index contributed by atoms with van der Waals surface area (Å²) in [6.45, 7) is 2.56. The van der Waals surface area contributed by atoms with Gasteiger partial charge in [-0.1, -0.05) is 211 Å². The van der Waals surface area contributed by atoms with E-state index < -0.39 is 9.52 Å². The molecule has 7 rings (SSSR count). The Balaban J connectivity index is 0.000000182. The van der Waals surface area contributed by atoms with E-state index in [9.17, 15) is 0 Å². The molecule has 2 nitrogen and oxygen atoms in total. The second kappa shape index (κ2) is 16.6. The van der Waals surface area contributed by atoms with Gasteiger partial charge >= 0.3 is 0 Å². The number of unbranched alkanes of at least 4 members (excludes halogenated alkanes) is 1. The molecule has 0 atom stereocenters. The first-order valence-corrected chi connectivity index (χ1v) is 18.5. The Hall–Kier alpha value is -5.19. The summed E-state index contributed by atoms with van der Waals surface area (Å²) in [6, 6.07) is 63.2. The monoisotopic (exact) mass is 638 g/mol. The molecule has 1 aromatic heterocycles. The normalized spacial score (nSPS) is 11.2. The van der Waals surface area contributed by atoms with Crippen LogP contribution in [-0.4, -0.2) is 25.8 Å². The number of hydrogen-bond donors (Lipinski definition) is 0. The van der Waals surface area contributed by atoms with E-state index in [1.807, 2.05) is 12.5 Å². The van der Waals surface area contributed by atoms with E-state index in [1.54, 1.807) is 0 Å². The van der Waals surface area contributed by atoms with Crippen LogP contribution in [0.25, 0.3) is 0 Å². The average molecular weight is 639 g/mol. The Labute approximate surface area is 289 Å². The Bertz CT molecular complexity index is 1760. The van der Waals surface area contributed by atoms with Gasteiger partial charge in [-0.3, -0.25) is 0 Å². The number of nitrogens with zero attached hydrogens (tertiary/aromatic N) is 2. The summed E-state index contributed by atoms with van der Waals surface area (Å²) in [5, 5.41) is 1.26. The minimum atomic E-state index is -0.782. The highest BCUT2D eigenvalue weighted by Crippen LogP contribution is 2.33. The van der Waals surface area contributed by atoms with Crippen LogP contribution in [0.3, 0.4) is 0 Å². The summed E-state index contributed by atoms with van der Waals surface area (Å²) >= 11 is 0. The molecule has 0 saturated heterocycles. The van der Waals surface area contributed by atoms with Crippen LogP contribution in [0.4, 0.5) is 0 Å². The SMILES string of the molecule is CCCCc1ccc([SiH2]C(c2ccccc2)(c2ccccc2)n2ccnc2)cc1.c1ccc(B(c2ccccc2)c2ccccc2)cc1. The number of imidazole rings is 1. The molecule has 0 unspecified atom stereocenters. The molecule has 0 bridgehead atoms. The van der Waals surface area contributed by atoms with Gasteiger partial charge in [0.25, 0.3) is 0 Å². The van der Waals surface area contributed by atoms with Crippen molar-refractivity contribution in [3.05, 3.63) is 211 Å². The minimum Gasteiger partial charge on any atom is -0.326 e. The van der Waals surface area contributed by atoms with Crippen molar-refractivity contribution in [3.8, 4) is 0 Å². The zero-order chi connectivity index (χ0) is 32.9. The van der Waals surface area contributed by atoms with E-state index in [1.165, 1.54) is 57.5 Å². The van der Waals surface area contributed by atoms with Crippen LogP contribution in [0.1, 0.15) is 36.5 Å². The van der Waals surface area contributed by atoms with Gasteiger partial charge in [-0.25, -0.2) is 4.98 Å². The van der Waals surface area contributed by atoms with Crippen LogP contribution in [0.5, 0.6) is 0 Å². The average Bonchev–Trinajstić information content (AvgIpc) is 3.72. The first kappa shape index (κ1) is 32.7. The van der Waals surface area contributed by atoms with Gasteiger partial charge in [0, 0.05) is 12.4 Å². The van der Waals surface area contributed by atoms with Gasteiger partial charge in [0.05, 0.1) is 21.0 Å². The van der Waals surface area contributed by atoms with Crippen molar-refractivity contribution in [2.24, 2.45) is 0 Å². The van der Waals surface area contributed by atoms with Crippen LogP contribution in [0.2, 0.25) is 0 Å². The van der Waals surface area contributed by atoms with Crippen LogP contribution >= 0.6 is 0 Å². The van der Waals surface area contributed by atoms with Gasteiger partial charge in [-0.15, -0.1) is 0 Å². The molecule has 6 aromatic carbocycles. The predicted molar refractivity (Wildman–Crippen MR) is 209 cm³/mol. The molecule has 0 aliphatic heterocycles. The summed E-state index contributed by atoms with van der Waals surface area (Å²) in [7, 11) is -0.782. The van der Waals surface area contributed by atoms with Crippen LogP contribution < -0.4 is 21.6 Å². The van der Waals surface area contributed by atoms with Crippen molar-refractivity contribution in [2.45, 2.75) is 31.3 Å². The summed E-state index contributed by atoms with van der Waals surface area (Å²) in [5.74, 6) is 0. The summed E-state index contributed by atoms with van der Waals surface area (Å²) in [5.41, 5.74) is 8.09. The quantitative estimate of drug-likeness (QED) is 0.145. The van der Waals surface area contributed by atoms with E-state index in [0.29, 0.717) is 6.71 Å². The summed E-state index contributed by atoms with van der Waals surface area (Å²) < 4.78 is 2.31. The first-order valence-electron chi connectivity index (χ1n) is 17.1. The molecule has 0 amide bonds. The molecule has 0 spiro atoms. The van der Waals surface area contributed by atoms with E-state index in [4.69, 9.17) is 0 Å². The van der Waals surface area contributed by atoms with Crippen LogP contribution in [-0.2, 0) is 11.6 Å². The Kier molecular flexibility index (Phi) is 11.3. The van der Waals surface area contributed by atoms with Crippen molar-refractivity contribution in [1.29, 1.82) is 0 Å². The maximum absolute atomic E-state index is 4.41. The molecule has 0 fully saturated rings. The molecule has 0 aliphatic rings. The second-order valence-electron chi connectivity index (χ2n) is 12.3. The lowest BCUT2D eigenvalue weighted by Crippen LogP contribution is -2.51. The van der Waals surface area contributed by atoms with Crippen molar-refractivity contribution < 1.29 is 0 Å². The van der Waals surface area contributed by atoms with E-state index >= 15 is 0 Å². The number of benzene rings is 6. The molecule has 0 N–H and O–H groups in total. The lowest BCUT2D eigenvalue weighted by molar-refractivity contribution is 0.596. The van der Waals surface area contributed by atoms with E-state index in [0.717, 1.165) is 0 Å². The maximum Gasteiger partial charge on any atom is 0.241 e. The van der Waals surface area contributed by atoms with Crippen molar-refractivity contribution >= 4 is 37.8 Å². The fourth-order valence-electron chi connectivity index (χ4n) is 6.69. The molecule has 1 heterocycles. The second-order valence-corrected chi connectivity index (χ2v) is 14.5. The zero-order valence-electron chi connectivity index (χ0n) is 27.8. The lowest BCUT2D eigenvalue weighted by Gasteiger charge is -2.37. The Morgan fingerprint density at radius 2 is 1.00 bits per heavy atom. The summed E-state index contributed by atoms with van der Waals surface area (Å²) in [6.07, 6.45) is 9.64. The van der Waals surface area contributed by atoms with Gasteiger partial charge in [0.15, 0.2) is 0 Å². The fraction of sp³-hybridized carbons (Fsp3) is 0.114. The molecule has 7 aromatic rings. The number of hydrogen-bond acceptors (Lipinski definition) is 1. The van der Waals surface area contributed by atoms with Crippen molar-refractivity contribution in [2.75, 3.05) is 0 Å². The summed E-state index contributed by atoms with van der Waals surface area (Å²) in [4.78, 5) is 4.41. The topological polar surface area (TPSA) is 17.8 Å². The highest BCUT2D eigenvalue weighted by atomic mass is 28.2. The van der Waals surface area contributed by atoms with Crippen LogP contribution in [0, 0.1) is 0 Å². The van der Waals surface area contributed by atoms with Crippen LogP contribution in [0.15, 0.2) is 195 Å². The van der Waals surface area contributed by atoms with Gasteiger partial charge < -0.3 is 4.57 Å². The van der Waals surface area contributed by atoms with Gasteiger partial charge in [0.1, 0.15) is 0 Å². The molecule has 0 saturated carbocycles. The minimum absolute atomic E-state index is 0.204. The van der Waals surface area contributed by atoms with Crippen molar-refractivity contribution in [1.82, 2.24) is 9.55 Å². The zero-order valence-corrected chi connectivity index (χ0v) is 29.2. The van der Waals surface area contributed by atoms with E-state index in [2.05, 4.69) is 199 Å². The highest BCUT2D eigenvalue weighted by Gasteiger charge is 2.36. The molecular formula is C44H43BN2Si. The first-order chi connectivity index (χ1) is 23.8. The molecule has 48 heavy (non-hydrogen) atoms. The third-order valence-electron chi connectivity index (χ3n) is 9.15. The lowest BCUT2D eigenvalue weighted by atomic mass is 9.37. The number of aromatic nitrogens is 2. The molecule has 236 valence electrons. The Morgan fingerprint density at radius 1 is 0.562 bits per heavy atom. The van der Waals surface area contributed by atoms with Gasteiger partial charge in [0.2, 0.25) is 6.71 Å². The number of rotatable bonds is 11. The third kappa shape index (κ3) is 7.84. The smallest absolute Gasteiger partial charge is 0.241 e. The van der Waals surface area contributed by atoms with E-state index in [-0.39, 0.29) is 5.16 Å². The molecular weight excluding hydrogens is 595 g/mol. The van der Waals surface area contributed by atoms with Gasteiger partial charge in [-0.2, -0.15) is 0 Å². The molecule has 0 aliphatic carbocycles. The van der Waals surface area contributed by atoms with Gasteiger partial charge in [-0.05, 0) is 29.5 Å². The maximum atomic E-state index is 4.41. The molecule has 4 heteroatoms. The largest absolute Gasteiger partial charge is 0.326 e. The number of aryl methyl sites for hydroxylation is 1. The van der Waals surface area contributed by atoms with Crippen molar-refractivity contribution in [3.63, 3.8) is 0 Å². The predicted octanol–water partition coefficient (Wildman–Crippen LogP) is 6.67. The standard InChI is InChI=1S/C26H28N2Si.C18H15B/c1-2-3-10-22-15-17-25(18-16-22)29-26(28-20-19-27-21-28,23-11-6-4-7-12-23)24-13-8-5-9-14-24;1-4-10-16(11-5-1)19(17-12-6-2-7-13-17)18-14-8-3-9-15-18/h4-9,11-21H,2-3,10,29H2,1H3;1-15H. The third-order valence-corrected chi connectivity index (χ3v) is 11.7. The Morgan fingerprint density at radius 3 is 1.40 bits per heavy atom. The molecule has 0 radical (unpaired) electrons. The highest BCUT2D eigenvalue weighted by molar-refractivity contribution is 6.95.